The molecule has 2 nitrogen and oxygen atoms in total. The van der Waals surface area contributed by atoms with Gasteiger partial charge in [0, 0.05) is 11.7 Å². The Morgan fingerprint density at radius 2 is 2.25 bits per heavy atom. The topological polar surface area (TPSA) is 17.3 Å². The van der Waals surface area contributed by atoms with Gasteiger partial charge in [-0.3, -0.25) is 0 Å². The third kappa shape index (κ3) is 1.28. The molecule has 4 heteroatoms. The number of halogens is 2. The molecule has 0 N–H and O–H groups in total. The number of nitrogens with zero attached hydrogens (tertiary/aromatic N) is 2. The summed E-state index contributed by atoms with van der Waals surface area (Å²) < 4.78 is 1.86. The van der Waals surface area contributed by atoms with Gasteiger partial charge < -0.3 is 4.40 Å². The molecule has 0 unspecified atom stereocenters. The first-order chi connectivity index (χ1) is 5.79. The van der Waals surface area contributed by atoms with Crippen LogP contribution >= 0.6 is 23.2 Å². The molecule has 2 heterocycles. The largest absolute Gasteiger partial charge is 0.306 e. The SMILES string of the molecule is ClCc1cc2cc(Cl)cn2cn1. The van der Waals surface area contributed by atoms with Crippen molar-refractivity contribution in [2.24, 2.45) is 0 Å². The predicted octanol–water partition coefficient (Wildman–Crippen LogP) is 2.73. The second-order valence-electron chi connectivity index (χ2n) is 2.50. The van der Waals surface area contributed by atoms with Crippen molar-refractivity contribution in [3.05, 3.63) is 35.4 Å². The zero-order valence-corrected chi connectivity index (χ0v) is 7.68. The van der Waals surface area contributed by atoms with E-state index < -0.39 is 0 Å². The van der Waals surface area contributed by atoms with Crippen molar-refractivity contribution < 1.29 is 0 Å². The van der Waals surface area contributed by atoms with Gasteiger partial charge in [0.05, 0.1) is 22.9 Å². The summed E-state index contributed by atoms with van der Waals surface area (Å²) in [5.41, 5.74) is 1.88. The van der Waals surface area contributed by atoms with Gasteiger partial charge in [-0.25, -0.2) is 4.98 Å². The lowest BCUT2D eigenvalue weighted by Gasteiger charge is -1.95. The minimum atomic E-state index is 0.430. The molecule has 2 rings (SSSR count). The summed E-state index contributed by atoms with van der Waals surface area (Å²) in [6.07, 6.45) is 3.51. The van der Waals surface area contributed by atoms with Crippen molar-refractivity contribution >= 4 is 28.7 Å². The van der Waals surface area contributed by atoms with E-state index in [1.165, 1.54) is 0 Å². The Morgan fingerprint density at radius 3 is 3.00 bits per heavy atom. The van der Waals surface area contributed by atoms with Gasteiger partial charge in [-0.2, -0.15) is 0 Å². The van der Waals surface area contributed by atoms with E-state index in [9.17, 15) is 0 Å². The highest BCUT2D eigenvalue weighted by Gasteiger charge is 1.98. The molecule has 0 aliphatic rings. The fourth-order valence-corrected chi connectivity index (χ4v) is 1.46. The second kappa shape index (κ2) is 2.96. The van der Waals surface area contributed by atoms with E-state index in [1.54, 1.807) is 6.33 Å². The van der Waals surface area contributed by atoms with E-state index in [0.29, 0.717) is 10.9 Å². The molecule has 2 aromatic heterocycles. The van der Waals surface area contributed by atoms with Crippen LogP contribution in [0.2, 0.25) is 5.02 Å². The van der Waals surface area contributed by atoms with E-state index in [2.05, 4.69) is 4.98 Å². The minimum Gasteiger partial charge on any atom is -0.306 e. The van der Waals surface area contributed by atoms with Crippen LogP contribution in [-0.4, -0.2) is 9.38 Å². The highest BCUT2D eigenvalue weighted by atomic mass is 35.5. The normalized spacial score (nSPS) is 10.8. The molecule has 12 heavy (non-hydrogen) atoms. The van der Waals surface area contributed by atoms with Crippen LogP contribution in [0.5, 0.6) is 0 Å². The maximum absolute atomic E-state index is 5.80. The predicted molar refractivity (Wildman–Crippen MR) is 49.8 cm³/mol. The van der Waals surface area contributed by atoms with E-state index in [-0.39, 0.29) is 0 Å². The number of hydrogen-bond donors (Lipinski definition) is 0. The standard InChI is InChI=1S/C8H6Cl2N2/c9-3-7-2-8-1-6(10)4-12(8)5-11-7/h1-2,4-5H,3H2. The molecule has 0 spiro atoms. The Morgan fingerprint density at radius 1 is 1.42 bits per heavy atom. The average Bonchev–Trinajstić information content (AvgIpc) is 2.43. The zero-order valence-electron chi connectivity index (χ0n) is 6.17. The molecular formula is C8H6Cl2N2. The van der Waals surface area contributed by atoms with Gasteiger partial charge in [-0.15, -0.1) is 11.6 Å². The van der Waals surface area contributed by atoms with Crippen LogP contribution < -0.4 is 0 Å². The first kappa shape index (κ1) is 7.90. The highest BCUT2D eigenvalue weighted by Crippen LogP contribution is 2.15. The molecule has 0 aromatic carbocycles. The first-order valence-electron chi connectivity index (χ1n) is 3.47. The van der Waals surface area contributed by atoms with E-state index in [4.69, 9.17) is 23.2 Å². The summed E-state index contributed by atoms with van der Waals surface area (Å²) in [7, 11) is 0. The molecule has 0 amide bonds. The number of hydrogen-bond acceptors (Lipinski definition) is 1. The third-order valence-electron chi connectivity index (χ3n) is 1.65. The minimum absolute atomic E-state index is 0.430. The number of fused-ring (bicyclic) bond motifs is 1. The molecular weight excluding hydrogens is 195 g/mol. The molecule has 0 aliphatic carbocycles. The van der Waals surface area contributed by atoms with E-state index in [1.807, 2.05) is 22.7 Å². The van der Waals surface area contributed by atoms with Gasteiger partial charge in [0.1, 0.15) is 0 Å². The molecule has 0 saturated heterocycles. The molecule has 0 atom stereocenters. The number of rotatable bonds is 1. The van der Waals surface area contributed by atoms with Crippen LogP contribution in [0.15, 0.2) is 24.7 Å². The molecule has 0 radical (unpaired) electrons. The van der Waals surface area contributed by atoms with Crippen molar-refractivity contribution in [3.63, 3.8) is 0 Å². The monoisotopic (exact) mass is 200 g/mol. The molecule has 0 saturated carbocycles. The summed E-state index contributed by atoms with van der Waals surface area (Å²) in [4.78, 5) is 4.11. The van der Waals surface area contributed by atoms with Gasteiger partial charge in [-0.1, -0.05) is 11.6 Å². The van der Waals surface area contributed by atoms with Gasteiger partial charge in [-0.05, 0) is 12.1 Å². The average molecular weight is 201 g/mol. The summed E-state index contributed by atoms with van der Waals surface area (Å²) in [6, 6.07) is 3.79. The van der Waals surface area contributed by atoms with Crippen molar-refractivity contribution in [2.75, 3.05) is 0 Å². The lowest BCUT2D eigenvalue weighted by Crippen LogP contribution is -1.89. The van der Waals surface area contributed by atoms with Gasteiger partial charge in [0.2, 0.25) is 0 Å². The third-order valence-corrected chi connectivity index (χ3v) is 2.13. The molecule has 0 bridgehead atoms. The molecule has 62 valence electrons. The Kier molecular flexibility index (Phi) is 1.95. The first-order valence-corrected chi connectivity index (χ1v) is 4.39. The Labute approximate surface area is 79.7 Å². The lowest BCUT2D eigenvalue weighted by atomic mass is 10.4. The zero-order chi connectivity index (χ0) is 8.55. The lowest BCUT2D eigenvalue weighted by molar-refractivity contribution is 1.04. The summed E-state index contributed by atoms with van der Waals surface area (Å²) in [5.74, 6) is 0.430. The maximum Gasteiger partial charge on any atom is 0.0994 e. The number of alkyl halides is 1. The second-order valence-corrected chi connectivity index (χ2v) is 3.21. The van der Waals surface area contributed by atoms with Crippen LogP contribution in [0.25, 0.3) is 5.52 Å². The van der Waals surface area contributed by atoms with Crippen LogP contribution in [-0.2, 0) is 5.88 Å². The van der Waals surface area contributed by atoms with Crippen LogP contribution in [0, 0.1) is 0 Å². The Hall–Kier alpha value is -0.730. The van der Waals surface area contributed by atoms with Crippen LogP contribution in [0.1, 0.15) is 5.69 Å². The molecule has 0 fully saturated rings. The van der Waals surface area contributed by atoms with E-state index in [0.717, 1.165) is 11.2 Å². The van der Waals surface area contributed by atoms with Crippen molar-refractivity contribution in [3.8, 4) is 0 Å². The fourth-order valence-electron chi connectivity index (χ4n) is 1.09. The smallest absolute Gasteiger partial charge is 0.0994 e. The molecule has 2 aromatic rings. The van der Waals surface area contributed by atoms with Crippen molar-refractivity contribution in [1.82, 2.24) is 9.38 Å². The maximum atomic E-state index is 5.80. The van der Waals surface area contributed by atoms with Crippen LogP contribution in [0.4, 0.5) is 0 Å². The van der Waals surface area contributed by atoms with E-state index >= 15 is 0 Å². The number of aromatic nitrogens is 2. The van der Waals surface area contributed by atoms with Crippen molar-refractivity contribution in [1.29, 1.82) is 0 Å². The summed E-state index contributed by atoms with van der Waals surface area (Å²) in [6.45, 7) is 0. The summed E-state index contributed by atoms with van der Waals surface area (Å²) in [5, 5.41) is 0.712. The van der Waals surface area contributed by atoms with Gasteiger partial charge in [0.15, 0.2) is 0 Å². The van der Waals surface area contributed by atoms with Crippen molar-refractivity contribution in [2.45, 2.75) is 5.88 Å². The molecule has 0 aliphatic heterocycles. The fraction of sp³-hybridized carbons (Fsp3) is 0.125. The Balaban J connectivity index is 2.66. The quantitative estimate of drug-likeness (QED) is 0.648. The summed E-state index contributed by atoms with van der Waals surface area (Å²) >= 11 is 11.4. The van der Waals surface area contributed by atoms with Crippen LogP contribution in [0.3, 0.4) is 0 Å². The van der Waals surface area contributed by atoms with Gasteiger partial charge in [0.25, 0.3) is 0 Å². The highest BCUT2D eigenvalue weighted by molar-refractivity contribution is 6.31. The van der Waals surface area contributed by atoms with Gasteiger partial charge >= 0.3 is 0 Å². The Bertz CT molecular complexity index is 408.